The summed E-state index contributed by atoms with van der Waals surface area (Å²) in [5, 5.41) is 3.12. The summed E-state index contributed by atoms with van der Waals surface area (Å²) in [6, 6.07) is 10.5. The topological polar surface area (TPSA) is 46.2 Å². The van der Waals surface area contributed by atoms with E-state index in [1.54, 1.807) is 44.2 Å². The van der Waals surface area contributed by atoms with Crippen LogP contribution in [0.15, 0.2) is 42.5 Å². The van der Waals surface area contributed by atoms with Crippen LogP contribution < -0.4 is 5.32 Å². The number of amides is 1. The van der Waals surface area contributed by atoms with Crippen LogP contribution in [0.1, 0.15) is 47.1 Å². The van der Waals surface area contributed by atoms with Crippen molar-refractivity contribution in [2.24, 2.45) is 0 Å². The second kappa shape index (κ2) is 6.50. The Balaban J connectivity index is 2.22. The van der Waals surface area contributed by atoms with Crippen LogP contribution in [0, 0.1) is 5.82 Å². The van der Waals surface area contributed by atoms with E-state index in [4.69, 9.17) is 11.6 Å². The standard InChI is InChI=1S/C18H17ClFNO2/c1-11(22)12-4-6-13(7-5-12)17(23)21-18(2,3)15-9-8-14(20)10-16(15)19/h4-10H,1-3H3,(H,21,23). The lowest BCUT2D eigenvalue weighted by Gasteiger charge is -2.28. The van der Waals surface area contributed by atoms with E-state index in [9.17, 15) is 14.0 Å². The van der Waals surface area contributed by atoms with Gasteiger partial charge in [-0.25, -0.2) is 4.39 Å². The van der Waals surface area contributed by atoms with Gasteiger partial charge in [-0.05, 0) is 50.6 Å². The molecule has 1 amide bonds. The molecule has 120 valence electrons. The Morgan fingerprint density at radius 1 is 1.04 bits per heavy atom. The molecule has 0 saturated heterocycles. The first-order chi connectivity index (χ1) is 10.7. The van der Waals surface area contributed by atoms with Gasteiger partial charge < -0.3 is 5.32 Å². The van der Waals surface area contributed by atoms with Gasteiger partial charge in [0.05, 0.1) is 5.54 Å². The van der Waals surface area contributed by atoms with Crippen molar-refractivity contribution in [1.82, 2.24) is 5.32 Å². The van der Waals surface area contributed by atoms with Crippen molar-refractivity contribution in [3.8, 4) is 0 Å². The number of halogens is 2. The van der Waals surface area contributed by atoms with Gasteiger partial charge >= 0.3 is 0 Å². The van der Waals surface area contributed by atoms with Crippen LogP contribution >= 0.6 is 11.6 Å². The third-order valence-corrected chi connectivity index (χ3v) is 3.90. The van der Waals surface area contributed by atoms with Gasteiger partial charge in [-0.3, -0.25) is 9.59 Å². The molecule has 0 fully saturated rings. The van der Waals surface area contributed by atoms with E-state index in [-0.39, 0.29) is 16.7 Å². The van der Waals surface area contributed by atoms with Gasteiger partial charge in [0.2, 0.25) is 0 Å². The summed E-state index contributed by atoms with van der Waals surface area (Å²) in [5.41, 5.74) is 0.819. The molecule has 0 aliphatic carbocycles. The number of hydrogen-bond donors (Lipinski definition) is 1. The number of Topliss-reactive ketones (excluding diaryl/α,β-unsaturated/α-hetero) is 1. The summed E-state index contributed by atoms with van der Waals surface area (Å²) < 4.78 is 13.2. The van der Waals surface area contributed by atoms with Crippen molar-refractivity contribution in [3.63, 3.8) is 0 Å². The van der Waals surface area contributed by atoms with E-state index in [1.165, 1.54) is 19.1 Å². The number of hydrogen-bond acceptors (Lipinski definition) is 2. The lowest BCUT2D eigenvalue weighted by atomic mass is 9.93. The quantitative estimate of drug-likeness (QED) is 0.846. The highest BCUT2D eigenvalue weighted by atomic mass is 35.5. The van der Waals surface area contributed by atoms with Crippen molar-refractivity contribution in [2.45, 2.75) is 26.3 Å². The third-order valence-electron chi connectivity index (χ3n) is 3.58. The number of ketones is 1. The van der Waals surface area contributed by atoms with Gasteiger partial charge in [-0.15, -0.1) is 0 Å². The molecule has 0 spiro atoms. The van der Waals surface area contributed by atoms with E-state index in [0.29, 0.717) is 16.7 Å². The first kappa shape index (κ1) is 17.2. The molecule has 0 saturated carbocycles. The lowest BCUT2D eigenvalue weighted by molar-refractivity contribution is 0.0910. The monoisotopic (exact) mass is 333 g/mol. The fourth-order valence-electron chi connectivity index (χ4n) is 2.28. The summed E-state index contributed by atoms with van der Waals surface area (Å²) in [6.07, 6.45) is 0. The SMILES string of the molecule is CC(=O)c1ccc(C(=O)NC(C)(C)c2ccc(F)cc2Cl)cc1. The van der Waals surface area contributed by atoms with Crippen LogP contribution in [-0.4, -0.2) is 11.7 Å². The zero-order chi connectivity index (χ0) is 17.2. The normalized spacial score (nSPS) is 11.2. The summed E-state index contributed by atoms with van der Waals surface area (Å²) in [6.45, 7) is 5.04. The zero-order valence-electron chi connectivity index (χ0n) is 13.1. The molecule has 0 aromatic heterocycles. The second-order valence-corrected chi connectivity index (χ2v) is 6.24. The average Bonchev–Trinajstić information content (AvgIpc) is 2.46. The Morgan fingerprint density at radius 2 is 1.61 bits per heavy atom. The number of carbonyl (C=O) groups excluding carboxylic acids is 2. The summed E-state index contributed by atoms with van der Waals surface area (Å²) in [7, 11) is 0. The number of rotatable bonds is 4. The molecule has 0 aliphatic rings. The Hall–Kier alpha value is -2.20. The van der Waals surface area contributed by atoms with E-state index in [0.717, 1.165) is 0 Å². The highest BCUT2D eigenvalue weighted by Gasteiger charge is 2.26. The van der Waals surface area contributed by atoms with E-state index >= 15 is 0 Å². The van der Waals surface area contributed by atoms with E-state index in [1.807, 2.05) is 0 Å². The van der Waals surface area contributed by atoms with Crippen molar-refractivity contribution >= 4 is 23.3 Å². The molecule has 2 aromatic carbocycles. The van der Waals surface area contributed by atoms with Crippen LogP contribution in [-0.2, 0) is 5.54 Å². The molecule has 0 bridgehead atoms. The van der Waals surface area contributed by atoms with Crippen molar-refractivity contribution in [3.05, 3.63) is 70.0 Å². The molecule has 2 aromatic rings. The number of carbonyl (C=O) groups is 2. The Morgan fingerprint density at radius 3 is 2.13 bits per heavy atom. The number of benzene rings is 2. The van der Waals surface area contributed by atoms with Crippen molar-refractivity contribution in [2.75, 3.05) is 0 Å². The average molecular weight is 334 g/mol. The fourth-order valence-corrected chi connectivity index (χ4v) is 2.68. The van der Waals surface area contributed by atoms with Crippen LogP contribution in [0.5, 0.6) is 0 Å². The minimum Gasteiger partial charge on any atom is -0.343 e. The van der Waals surface area contributed by atoms with Crippen LogP contribution in [0.2, 0.25) is 5.02 Å². The van der Waals surface area contributed by atoms with Crippen LogP contribution in [0.25, 0.3) is 0 Å². The fraction of sp³-hybridized carbons (Fsp3) is 0.222. The lowest BCUT2D eigenvalue weighted by Crippen LogP contribution is -2.41. The predicted octanol–water partition coefficient (Wildman–Crippen LogP) is 4.35. The first-order valence-electron chi connectivity index (χ1n) is 7.10. The predicted molar refractivity (Wildman–Crippen MR) is 88.3 cm³/mol. The Labute approximate surface area is 139 Å². The first-order valence-corrected chi connectivity index (χ1v) is 7.47. The van der Waals surface area contributed by atoms with Gasteiger partial charge in [0, 0.05) is 16.1 Å². The van der Waals surface area contributed by atoms with Gasteiger partial charge in [0.1, 0.15) is 5.82 Å². The molecule has 0 radical (unpaired) electrons. The maximum atomic E-state index is 13.2. The molecular weight excluding hydrogens is 317 g/mol. The highest BCUT2D eigenvalue weighted by Crippen LogP contribution is 2.28. The molecular formula is C18H17ClFNO2. The summed E-state index contributed by atoms with van der Waals surface area (Å²) in [4.78, 5) is 23.6. The smallest absolute Gasteiger partial charge is 0.251 e. The van der Waals surface area contributed by atoms with E-state index < -0.39 is 11.4 Å². The van der Waals surface area contributed by atoms with E-state index in [2.05, 4.69) is 5.32 Å². The molecule has 5 heteroatoms. The van der Waals surface area contributed by atoms with Crippen molar-refractivity contribution in [1.29, 1.82) is 0 Å². The molecule has 23 heavy (non-hydrogen) atoms. The molecule has 1 N–H and O–H groups in total. The van der Waals surface area contributed by atoms with Crippen LogP contribution in [0.3, 0.4) is 0 Å². The maximum Gasteiger partial charge on any atom is 0.251 e. The van der Waals surface area contributed by atoms with Crippen molar-refractivity contribution < 1.29 is 14.0 Å². The van der Waals surface area contributed by atoms with Gasteiger partial charge in [0.25, 0.3) is 5.91 Å². The second-order valence-electron chi connectivity index (χ2n) is 5.84. The minimum absolute atomic E-state index is 0.0598. The molecule has 0 unspecified atom stereocenters. The third kappa shape index (κ3) is 3.96. The molecule has 0 aliphatic heterocycles. The minimum atomic E-state index is -0.777. The molecule has 0 atom stereocenters. The van der Waals surface area contributed by atoms with Crippen LogP contribution in [0.4, 0.5) is 4.39 Å². The zero-order valence-corrected chi connectivity index (χ0v) is 13.9. The largest absolute Gasteiger partial charge is 0.343 e. The Bertz CT molecular complexity index is 754. The van der Waals surface area contributed by atoms with Gasteiger partial charge in [-0.2, -0.15) is 0 Å². The summed E-state index contributed by atoms with van der Waals surface area (Å²) >= 11 is 6.07. The molecule has 2 rings (SSSR count). The highest BCUT2D eigenvalue weighted by molar-refractivity contribution is 6.31. The maximum absolute atomic E-state index is 13.2. The molecule has 3 nitrogen and oxygen atoms in total. The number of nitrogens with one attached hydrogen (secondary N) is 1. The van der Waals surface area contributed by atoms with Gasteiger partial charge in [0.15, 0.2) is 5.78 Å². The summed E-state index contributed by atoms with van der Waals surface area (Å²) in [5.74, 6) is -0.790. The molecule has 0 heterocycles. The van der Waals surface area contributed by atoms with Gasteiger partial charge in [-0.1, -0.05) is 29.8 Å². The Kier molecular flexibility index (Phi) is 4.85.